The lowest BCUT2D eigenvalue weighted by Crippen LogP contribution is -2.35. The molecule has 3 N–H and O–H groups in total. The molecule has 4 nitrogen and oxygen atoms in total. The van der Waals surface area contributed by atoms with E-state index in [0.29, 0.717) is 22.5 Å². The first kappa shape index (κ1) is 10.8. The van der Waals surface area contributed by atoms with Crippen molar-refractivity contribution < 1.29 is 9.90 Å². The van der Waals surface area contributed by atoms with Crippen molar-refractivity contribution in [2.45, 2.75) is 6.10 Å². The topological polar surface area (TPSA) is 66.6 Å². The van der Waals surface area contributed by atoms with Crippen molar-refractivity contribution in [3.8, 4) is 0 Å². The largest absolute Gasteiger partial charge is 0.383 e. The van der Waals surface area contributed by atoms with Crippen LogP contribution < -0.4 is 10.6 Å². The lowest BCUT2D eigenvalue weighted by atomic mass is 9.93. The summed E-state index contributed by atoms with van der Waals surface area (Å²) in [6.07, 6.45) is -0.729. The number of rotatable bonds is 0. The number of urea groups is 1. The molecule has 0 atom stereocenters. The SMILES string of the molecule is NC(=O)N1c2ccccc2C(O)c2ccccc21. The predicted octanol–water partition coefficient (Wildman–Crippen LogP) is 2.30. The zero-order valence-corrected chi connectivity index (χ0v) is 9.58. The van der Waals surface area contributed by atoms with Gasteiger partial charge in [0.1, 0.15) is 6.10 Å². The Morgan fingerprint density at radius 1 is 1.00 bits per heavy atom. The van der Waals surface area contributed by atoms with E-state index in [0.717, 1.165) is 0 Å². The van der Waals surface area contributed by atoms with Gasteiger partial charge < -0.3 is 10.8 Å². The van der Waals surface area contributed by atoms with E-state index in [4.69, 9.17) is 5.73 Å². The number of para-hydroxylation sites is 2. The molecule has 0 saturated carbocycles. The first-order chi connectivity index (χ1) is 8.70. The standard InChI is InChI=1S/C14H12N2O2/c15-14(18)16-11-7-3-1-5-9(11)13(17)10-6-2-4-8-12(10)16/h1-8,13,17H,(H2,15,18). The first-order valence-electron chi connectivity index (χ1n) is 5.65. The average Bonchev–Trinajstić information content (AvgIpc) is 2.39. The van der Waals surface area contributed by atoms with Crippen molar-refractivity contribution in [1.29, 1.82) is 0 Å². The second-order valence-corrected chi connectivity index (χ2v) is 4.19. The van der Waals surface area contributed by atoms with Gasteiger partial charge in [-0.2, -0.15) is 0 Å². The summed E-state index contributed by atoms with van der Waals surface area (Å²) in [5.74, 6) is 0. The van der Waals surface area contributed by atoms with Gasteiger partial charge in [0.2, 0.25) is 0 Å². The number of anilines is 2. The molecule has 0 saturated heterocycles. The lowest BCUT2D eigenvalue weighted by Gasteiger charge is -2.33. The van der Waals surface area contributed by atoms with Gasteiger partial charge in [-0.15, -0.1) is 0 Å². The van der Waals surface area contributed by atoms with Crippen molar-refractivity contribution >= 4 is 17.4 Å². The number of nitrogens with two attached hydrogens (primary N) is 1. The van der Waals surface area contributed by atoms with Crippen molar-refractivity contribution in [3.05, 3.63) is 59.7 Å². The Labute approximate surface area is 104 Å². The number of carbonyl (C=O) groups is 1. The molecule has 0 aliphatic carbocycles. The number of nitrogens with zero attached hydrogens (tertiary/aromatic N) is 1. The average molecular weight is 240 g/mol. The molecule has 1 aliphatic rings. The minimum Gasteiger partial charge on any atom is -0.383 e. The van der Waals surface area contributed by atoms with Gasteiger partial charge in [-0.05, 0) is 12.1 Å². The number of benzene rings is 2. The Balaban J connectivity index is 2.30. The highest BCUT2D eigenvalue weighted by atomic mass is 16.3. The fourth-order valence-corrected chi connectivity index (χ4v) is 2.38. The number of amides is 2. The first-order valence-corrected chi connectivity index (χ1v) is 5.65. The van der Waals surface area contributed by atoms with Gasteiger partial charge in [0.15, 0.2) is 0 Å². The fraction of sp³-hybridized carbons (Fsp3) is 0.0714. The zero-order valence-electron chi connectivity index (χ0n) is 9.58. The number of hydrogen-bond acceptors (Lipinski definition) is 2. The van der Waals surface area contributed by atoms with Gasteiger partial charge in [0, 0.05) is 11.1 Å². The third-order valence-electron chi connectivity index (χ3n) is 3.16. The molecule has 2 amide bonds. The quantitative estimate of drug-likeness (QED) is 0.742. The maximum absolute atomic E-state index is 11.7. The highest BCUT2D eigenvalue weighted by Gasteiger charge is 2.30. The van der Waals surface area contributed by atoms with Crippen LogP contribution in [0.15, 0.2) is 48.5 Å². The molecule has 0 aromatic heterocycles. The van der Waals surface area contributed by atoms with Crippen LogP contribution in [0, 0.1) is 0 Å². The van der Waals surface area contributed by atoms with Crippen LogP contribution in [0.4, 0.5) is 16.2 Å². The number of aliphatic hydroxyl groups excluding tert-OH is 1. The van der Waals surface area contributed by atoms with E-state index < -0.39 is 12.1 Å². The summed E-state index contributed by atoms with van der Waals surface area (Å²) in [7, 11) is 0. The van der Waals surface area contributed by atoms with Crippen LogP contribution in [0.5, 0.6) is 0 Å². The maximum Gasteiger partial charge on any atom is 0.323 e. The molecule has 1 heterocycles. The Morgan fingerprint density at radius 2 is 1.44 bits per heavy atom. The van der Waals surface area contributed by atoms with Gasteiger partial charge in [0.25, 0.3) is 0 Å². The highest BCUT2D eigenvalue weighted by molar-refractivity contribution is 6.01. The second kappa shape index (κ2) is 3.85. The van der Waals surface area contributed by atoms with E-state index in [9.17, 15) is 9.90 Å². The van der Waals surface area contributed by atoms with E-state index in [1.165, 1.54) is 4.90 Å². The molecule has 18 heavy (non-hydrogen) atoms. The smallest absolute Gasteiger partial charge is 0.323 e. The molecule has 2 aromatic rings. The van der Waals surface area contributed by atoms with Crippen LogP contribution >= 0.6 is 0 Å². The third-order valence-corrected chi connectivity index (χ3v) is 3.16. The monoisotopic (exact) mass is 240 g/mol. The molecule has 3 rings (SSSR count). The van der Waals surface area contributed by atoms with Crippen molar-refractivity contribution in [3.63, 3.8) is 0 Å². The number of carbonyl (C=O) groups excluding carboxylic acids is 1. The summed E-state index contributed by atoms with van der Waals surface area (Å²) >= 11 is 0. The van der Waals surface area contributed by atoms with E-state index in [2.05, 4.69) is 0 Å². The van der Waals surface area contributed by atoms with Gasteiger partial charge in [-0.1, -0.05) is 36.4 Å². The lowest BCUT2D eigenvalue weighted by molar-refractivity contribution is 0.218. The van der Waals surface area contributed by atoms with Crippen LogP contribution in [-0.4, -0.2) is 11.1 Å². The molecule has 0 radical (unpaired) electrons. The van der Waals surface area contributed by atoms with Crippen LogP contribution in [0.1, 0.15) is 17.2 Å². The molecule has 0 unspecified atom stereocenters. The number of fused-ring (bicyclic) bond motifs is 2. The second-order valence-electron chi connectivity index (χ2n) is 4.19. The summed E-state index contributed by atoms with van der Waals surface area (Å²) in [6.45, 7) is 0. The Bertz CT molecular complexity index is 577. The minimum absolute atomic E-state index is 0.554. The van der Waals surface area contributed by atoms with Crippen molar-refractivity contribution in [1.82, 2.24) is 0 Å². The van der Waals surface area contributed by atoms with Crippen LogP contribution in [0.3, 0.4) is 0 Å². The normalized spacial score (nSPS) is 13.9. The van der Waals surface area contributed by atoms with E-state index in [1.807, 2.05) is 24.3 Å². The number of primary amides is 1. The summed E-state index contributed by atoms with van der Waals surface area (Å²) in [5, 5.41) is 10.3. The summed E-state index contributed by atoms with van der Waals surface area (Å²) in [5.41, 5.74) is 8.10. The molecule has 2 aromatic carbocycles. The van der Waals surface area contributed by atoms with Gasteiger partial charge in [-0.25, -0.2) is 4.79 Å². The van der Waals surface area contributed by atoms with Gasteiger partial charge in [-0.3, -0.25) is 4.90 Å². The summed E-state index contributed by atoms with van der Waals surface area (Å²) in [4.78, 5) is 13.1. The van der Waals surface area contributed by atoms with Crippen molar-refractivity contribution in [2.75, 3.05) is 4.90 Å². The summed E-state index contributed by atoms with van der Waals surface area (Å²) < 4.78 is 0. The fourth-order valence-electron chi connectivity index (χ4n) is 2.38. The van der Waals surface area contributed by atoms with E-state index >= 15 is 0 Å². The van der Waals surface area contributed by atoms with Crippen LogP contribution in [0.25, 0.3) is 0 Å². The Kier molecular flexibility index (Phi) is 2.31. The maximum atomic E-state index is 11.7. The third kappa shape index (κ3) is 1.39. The highest BCUT2D eigenvalue weighted by Crippen LogP contribution is 2.43. The van der Waals surface area contributed by atoms with E-state index in [1.54, 1.807) is 24.3 Å². The van der Waals surface area contributed by atoms with Gasteiger partial charge >= 0.3 is 6.03 Å². The minimum atomic E-state index is -0.729. The van der Waals surface area contributed by atoms with Crippen LogP contribution in [0.2, 0.25) is 0 Å². The van der Waals surface area contributed by atoms with Crippen LogP contribution in [-0.2, 0) is 0 Å². The molecule has 0 fully saturated rings. The zero-order chi connectivity index (χ0) is 12.7. The Morgan fingerprint density at radius 3 is 1.89 bits per heavy atom. The molecule has 0 bridgehead atoms. The molecular formula is C14H12N2O2. The summed E-state index contributed by atoms with van der Waals surface area (Å²) in [6, 6.07) is 13.9. The number of hydrogen-bond donors (Lipinski definition) is 2. The molecule has 4 heteroatoms. The van der Waals surface area contributed by atoms with E-state index in [-0.39, 0.29) is 0 Å². The predicted molar refractivity (Wildman–Crippen MR) is 68.7 cm³/mol. The Hall–Kier alpha value is -2.33. The van der Waals surface area contributed by atoms with Crippen molar-refractivity contribution in [2.24, 2.45) is 5.73 Å². The number of aliphatic hydroxyl groups is 1. The van der Waals surface area contributed by atoms with Gasteiger partial charge in [0.05, 0.1) is 11.4 Å². The molecule has 90 valence electrons. The molecule has 1 aliphatic heterocycles. The molecule has 0 spiro atoms. The molecular weight excluding hydrogens is 228 g/mol.